The molecule has 47 heavy (non-hydrogen) atoms. The van der Waals surface area contributed by atoms with Gasteiger partial charge in [-0.1, -0.05) is 48.5 Å². The number of carboxylic acids is 1. The lowest BCUT2D eigenvalue weighted by atomic mass is 9.92. The van der Waals surface area contributed by atoms with Gasteiger partial charge in [-0.3, -0.25) is 14.2 Å². The minimum absolute atomic E-state index is 0.0542. The maximum absolute atomic E-state index is 15.2. The van der Waals surface area contributed by atoms with E-state index in [0.717, 1.165) is 23.8 Å². The summed E-state index contributed by atoms with van der Waals surface area (Å²) in [5.74, 6) is -1.92. The summed E-state index contributed by atoms with van der Waals surface area (Å²) in [6, 6.07) is 16.2. The molecule has 2 N–H and O–H groups in total. The molecule has 0 bridgehead atoms. The van der Waals surface area contributed by atoms with Crippen molar-refractivity contribution in [1.82, 2.24) is 9.88 Å². The van der Waals surface area contributed by atoms with Crippen LogP contribution in [-0.2, 0) is 17.4 Å². The number of fused-ring (bicyclic) bond motifs is 1. The molecule has 2 heterocycles. The van der Waals surface area contributed by atoms with Crippen LogP contribution in [0.15, 0.2) is 82.6 Å². The van der Waals surface area contributed by atoms with Crippen LogP contribution in [0.2, 0.25) is 0 Å². The number of nitrogens with one attached hydrogen (secondary N) is 1. The number of rotatable bonds is 12. The highest BCUT2D eigenvalue weighted by Gasteiger charge is 2.38. The minimum atomic E-state index is -4.85. The zero-order chi connectivity index (χ0) is 33.9. The zero-order valence-corrected chi connectivity index (χ0v) is 25.8. The molecule has 2 unspecified atom stereocenters. The van der Waals surface area contributed by atoms with Crippen LogP contribution in [0.25, 0.3) is 11.1 Å². The van der Waals surface area contributed by atoms with Crippen molar-refractivity contribution in [3.05, 3.63) is 117 Å². The number of halogens is 6. The minimum Gasteiger partial charge on any atom is -0.481 e. The second-order valence-electron chi connectivity index (χ2n) is 11.0. The Hall–Kier alpha value is -4.23. The lowest BCUT2D eigenvalue weighted by Gasteiger charge is -2.28. The van der Waals surface area contributed by atoms with Crippen molar-refractivity contribution < 1.29 is 41.0 Å². The molecule has 3 aromatic carbocycles. The van der Waals surface area contributed by atoms with E-state index in [2.05, 4.69) is 10.1 Å². The number of ether oxygens (including phenoxy) is 1. The molecule has 0 spiro atoms. The number of aromatic nitrogens is 1. The van der Waals surface area contributed by atoms with Gasteiger partial charge >= 0.3 is 18.8 Å². The lowest BCUT2D eigenvalue weighted by molar-refractivity contribution is -0.138. The Bertz CT molecular complexity index is 1810. The molecule has 1 aliphatic heterocycles. The van der Waals surface area contributed by atoms with Gasteiger partial charge < -0.3 is 15.2 Å². The molecule has 1 aliphatic rings. The number of carbonyl (C=O) groups is 1. The van der Waals surface area contributed by atoms with Gasteiger partial charge in [-0.05, 0) is 66.4 Å². The molecule has 0 fully saturated rings. The predicted octanol–water partition coefficient (Wildman–Crippen LogP) is 8.02. The quantitative estimate of drug-likeness (QED) is 0.117. The topological polar surface area (TPSA) is 80.6 Å². The molecule has 248 valence electrons. The van der Waals surface area contributed by atoms with Crippen LogP contribution < -0.4 is 15.6 Å². The van der Waals surface area contributed by atoms with Crippen LogP contribution in [0.4, 0.5) is 26.3 Å². The fourth-order valence-electron chi connectivity index (χ4n) is 5.96. The van der Waals surface area contributed by atoms with Gasteiger partial charge in [0.25, 0.3) is 5.56 Å². The number of carboxylic acid groups (broad SMARTS) is 1. The van der Waals surface area contributed by atoms with Crippen molar-refractivity contribution in [3.63, 3.8) is 0 Å². The summed E-state index contributed by atoms with van der Waals surface area (Å²) < 4.78 is 89.6. The van der Waals surface area contributed by atoms with Crippen LogP contribution >= 0.6 is 11.8 Å². The number of hydrogen-bond donors (Lipinski definition) is 2. The van der Waals surface area contributed by atoms with Crippen LogP contribution in [0.3, 0.4) is 0 Å². The molecule has 1 aromatic heterocycles. The van der Waals surface area contributed by atoms with Crippen molar-refractivity contribution in [1.29, 1.82) is 0 Å². The Kier molecular flexibility index (Phi) is 10.4. The summed E-state index contributed by atoms with van der Waals surface area (Å²) >= 11 is 1.25. The molecule has 0 aliphatic carbocycles. The number of hydrogen-bond acceptors (Lipinski definition) is 5. The molecule has 13 heteroatoms. The summed E-state index contributed by atoms with van der Waals surface area (Å²) in [7, 11) is 0. The van der Waals surface area contributed by atoms with Crippen LogP contribution in [0.1, 0.15) is 52.7 Å². The molecular weight excluding hydrogens is 646 g/mol. The molecule has 0 radical (unpaired) electrons. The fraction of sp³-hybridized carbons (Fsp3) is 0.294. The molecule has 2 atom stereocenters. The van der Waals surface area contributed by atoms with Gasteiger partial charge in [0, 0.05) is 24.2 Å². The SMILES string of the molecule is Cc1c(Cc2c(F)cccc2C(F)(F)F)c2n(c(=O)c1-c1cccc(OC(F)F)c1)C(C(NCCCC(=O)O)c1ccccc1)CS2. The third-order valence-corrected chi connectivity index (χ3v) is 9.29. The van der Waals surface area contributed by atoms with Crippen LogP contribution in [0.5, 0.6) is 5.75 Å². The van der Waals surface area contributed by atoms with Gasteiger partial charge in [0.1, 0.15) is 11.6 Å². The number of pyridine rings is 1. The van der Waals surface area contributed by atoms with Crippen LogP contribution in [0, 0.1) is 12.7 Å². The van der Waals surface area contributed by atoms with Gasteiger partial charge in [-0.2, -0.15) is 22.0 Å². The monoisotopic (exact) mass is 676 g/mol. The summed E-state index contributed by atoms with van der Waals surface area (Å²) in [6.45, 7) is -1.29. The first-order valence-electron chi connectivity index (χ1n) is 14.7. The summed E-state index contributed by atoms with van der Waals surface area (Å²) in [5.41, 5.74) is -0.614. The van der Waals surface area contributed by atoms with E-state index in [-0.39, 0.29) is 28.9 Å². The largest absolute Gasteiger partial charge is 0.481 e. The Morgan fingerprint density at radius 3 is 2.47 bits per heavy atom. The Labute approximate surface area is 270 Å². The summed E-state index contributed by atoms with van der Waals surface area (Å²) in [6.07, 6.45) is -5.13. The van der Waals surface area contributed by atoms with Crippen LogP contribution in [-0.4, -0.2) is 34.6 Å². The maximum atomic E-state index is 15.2. The van der Waals surface area contributed by atoms with Gasteiger partial charge in [0.15, 0.2) is 0 Å². The molecule has 5 rings (SSSR count). The molecule has 0 amide bonds. The average Bonchev–Trinajstić information content (AvgIpc) is 3.44. The molecule has 4 aromatic rings. The predicted molar refractivity (Wildman–Crippen MR) is 166 cm³/mol. The van der Waals surface area contributed by atoms with Gasteiger partial charge in [-0.15, -0.1) is 11.8 Å². The standard InChI is InChI=1S/C34H30F6N2O4S/c1-19-23(17-24-25(34(38,39)40)12-6-13-26(24)35)32-42(31(45)29(19)21-10-5-11-22(16-21)46-33(36)37)27(18-47-32)30(20-8-3-2-4-9-20)41-15-7-14-28(43)44/h2-6,8-13,16,27,30,33,41H,7,14-15,17-18H2,1H3,(H,43,44). The lowest BCUT2D eigenvalue weighted by Crippen LogP contribution is -2.36. The van der Waals surface area contributed by atoms with Crippen molar-refractivity contribution in [2.75, 3.05) is 12.3 Å². The number of alkyl halides is 5. The van der Waals surface area contributed by atoms with E-state index in [0.29, 0.717) is 29.3 Å². The van der Waals surface area contributed by atoms with Crippen molar-refractivity contribution in [2.45, 2.75) is 56.1 Å². The number of aliphatic carboxylic acids is 1. The first-order chi connectivity index (χ1) is 22.4. The van der Waals surface area contributed by atoms with E-state index < -0.39 is 59.8 Å². The van der Waals surface area contributed by atoms with Gasteiger partial charge in [0.05, 0.1) is 28.2 Å². The molecule has 0 saturated heterocycles. The van der Waals surface area contributed by atoms with E-state index >= 15 is 4.39 Å². The first kappa shape index (κ1) is 34.1. The highest BCUT2D eigenvalue weighted by Crippen LogP contribution is 2.45. The molecule has 6 nitrogen and oxygen atoms in total. The second kappa shape index (κ2) is 14.3. The zero-order valence-electron chi connectivity index (χ0n) is 25.0. The van der Waals surface area contributed by atoms with E-state index in [1.54, 1.807) is 6.92 Å². The molecule has 0 saturated carbocycles. The third kappa shape index (κ3) is 7.51. The highest BCUT2D eigenvalue weighted by atomic mass is 32.2. The highest BCUT2D eigenvalue weighted by molar-refractivity contribution is 7.99. The van der Waals surface area contributed by atoms with Crippen molar-refractivity contribution in [3.8, 4) is 16.9 Å². The smallest absolute Gasteiger partial charge is 0.416 e. The Morgan fingerprint density at radius 1 is 1.06 bits per heavy atom. The molecular formula is C34H30F6N2O4S. The maximum Gasteiger partial charge on any atom is 0.416 e. The number of nitrogens with zero attached hydrogens (tertiary/aromatic N) is 1. The second-order valence-corrected chi connectivity index (χ2v) is 12.0. The van der Waals surface area contributed by atoms with E-state index in [1.807, 2.05) is 30.3 Å². The van der Waals surface area contributed by atoms with Gasteiger partial charge in [0.2, 0.25) is 0 Å². The normalized spacial score (nSPS) is 15.1. The number of thioether (sulfide) groups is 1. The van der Waals surface area contributed by atoms with E-state index in [4.69, 9.17) is 5.11 Å². The Morgan fingerprint density at radius 2 is 1.79 bits per heavy atom. The Balaban J connectivity index is 1.72. The fourth-order valence-corrected chi connectivity index (χ4v) is 7.39. The van der Waals surface area contributed by atoms with E-state index in [9.17, 15) is 31.5 Å². The van der Waals surface area contributed by atoms with Crippen molar-refractivity contribution >= 4 is 17.7 Å². The van der Waals surface area contributed by atoms with Crippen molar-refractivity contribution in [2.24, 2.45) is 0 Å². The average molecular weight is 677 g/mol. The summed E-state index contributed by atoms with van der Waals surface area (Å²) in [5, 5.41) is 12.9. The van der Waals surface area contributed by atoms with E-state index in [1.165, 1.54) is 40.6 Å². The third-order valence-electron chi connectivity index (χ3n) is 8.06. The summed E-state index contributed by atoms with van der Waals surface area (Å²) in [4.78, 5) is 25.6. The first-order valence-corrected chi connectivity index (χ1v) is 15.7. The van der Waals surface area contributed by atoms with Gasteiger partial charge in [-0.25, -0.2) is 4.39 Å². The number of benzene rings is 3.